The van der Waals surface area contributed by atoms with E-state index in [4.69, 9.17) is 4.74 Å². The van der Waals surface area contributed by atoms with Crippen molar-refractivity contribution >= 4 is 45.2 Å². The molecule has 1 saturated heterocycles. The maximum Gasteiger partial charge on any atom is 0.409 e. The van der Waals surface area contributed by atoms with Gasteiger partial charge in [0.15, 0.2) is 9.84 Å². The maximum atomic E-state index is 12.8. The lowest BCUT2D eigenvalue weighted by molar-refractivity contribution is -0.132. The predicted octanol–water partition coefficient (Wildman–Crippen LogP) is 1.97. The molecule has 1 fully saturated rings. The third-order valence-electron chi connectivity index (χ3n) is 5.24. The first-order chi connectivity index (χ1) is 14.7. The summed E-state index contributed by atoms with van der Waals surface area (Å²) >= 11 is 1.42. The summed E-state index contributed by atoms with van der Waals surface area (Å²) < 4.78 is 30.5. The monoisotopic (exact) mass is 469 g/mol. The highest BCUT2D eigenvalue weighted by atomic mass is 32.2. The Labute approximate surface area is 186 Å². The number of benzene rings is 1. The van der Waals surface area contributed by atoms with Gasteiger partial charge in [-0.25, -0.2) is 13.2 Å². The second-order valence-electron chi connectivity index (χ2n) is 7.30. The van der Waals surface area contributed by atoms with Crippen molar-refractivity contribution in [2.75, 3.05) is 43.9 Å². The Bertz CT molecular complexity index is 958. The van der Waals surface area contributed by atoms with Gasteiger partial charge in [0.2, 0.25) is 11.8 Å². The Kier molecular flexibility index (Phi) is 7.47. The molecule has 1 atom stereocenters. The molecular formula is C20H27N3O6S2. The Balaban J connectivity index is 1.57. The zero-order chi connectivity index (χ0) is 22.6. The van der Waals surface area contributed by atoms with Gasteiger partial charge in [0, 0.05) is 37.5 Å². The van der Waals surface area contributed by atoms with Gasteiger partial charge >= 0.3 is 6.09 Å². The van der Waals surface area contributed by atoms with Gasteiger partial charge in [-0.1, -0.05) is 6.92 Å². The van der Waals surface area contributed by atoms with Crippen LogP contribution in [0.2, 0.25) is 0 Å². The van der Waals surface area contributed by atoms with Crippen LogP contribution >= 0.6 is 11.8 Å². The number of ether oxygens (including phenoxy) is 1. The van der Waals surface area contributed by atoms with E-state index in [9.17, 15) is 22.8 Å². The molecule has 0 bridgehead atoms. The number of sulfone groups is 1. The van der Waals surface area contributed by atoms with Crippen LogP contribution < -0.4 is 5.32 Å². The third-order valence-corrected chi connectivity index (χ3v) is 8.40. The highest BCUT2D eigenvalue weighted by molar-refractivity contribution is 8.01. The number of piperazine rings is 1. The van der Waals surface area contributed by atoms with E-state index < -0.39 is 15.9 Å². The van der Waals surface area contributed by atoms with Gasteiger partial charge in [0.25, 0.3) is 0 Å². The number of thioether (sulfide) groups is 1. The summed E-state index contributed by atoms with van der Waals surface area (Å²) in [6.45, 7) is 5.36. The first-order valence-electron chi connectivity index (χ1n) is 10.3. The molecule has 170 valence electrons. The summed E-state index contributed by atoms with van der Waals surface area (Å²) in [7, 11) is -3.69. The van der Waals surface area contributed by atoms with Gasteiger partial charge in [-0.15, -0.1) is 11.8 Å². The number of nitrogens with zero attached hydrogens (tertiary/aromatic N) is 2. The molecule has 2 aliphatic rings. The number of fused-ring (bicyclic) bond motifs is 1. The van der Waals surface area contributed by atoms with E-state index in [2.05, 4.69) is 5.32 Å². The van der Waals surface area contributed by atoms with Crippen molar-refractivity contribution in [2.24, 2.45) is 0 Å². The van der Waals surface area contributed by atoms with E-state index in [1.807, 2.05) is 6.92 Å². The first kappa shape index (κ1) is 23.4. The van der Waals surface area contributed by atoms with E-state index in [1.165, 1.54) is 28.8 Å². The van der Waals surface area contributed by atoms with E-state index in [0.29, 0.717) is 44.9 Å². The second kappa shape index (κ2) is 9.90. The van der Waals surface area contributed by atoms with E-state index >= 15 is 0 Å². The molecule has 0 saturated carbocycles. The summed E-state index contributed by atoms with van der Waals surface area (Å²) in [4.78, 5) is 40.3. The van der Waals surface area contributed by atoms with E-state index in [-0.39, 0.29) is 34.1 Å². The largest absolute Gasteiger partial charge is 0.450 e. The molecule has 0 aliphatic carbocycles. The quantitative estimate of drug-likeness (QED) is 0.678. The van der Waals surface area contributed by atoms with Crippen LogP contribution in [0.4, 0.5) is 10.5 Å². The molecule has 0 radical (unpaired) electrons. The van der Waals surface area contributed by atoms with Crippen molar-refractivity contribution < 1.29 is 27.5 Å². The normalized spacial score (nSPS) is 18.9. The Morgan fingerprint density at radius 1 is 1.16 bits per heavy atom. The van der Waals surface area contributed by atoms with Crippen molar-refractivity contribution in [1.29, 1.82) is 0 Å². The minimum atomic E-state index is -3.69. The second-order valence-corrected chi connectivity index (χ2v) is 10.7. The summed E-state index contributed by atoms with van der Waals surface area (Å²) in [5, 5.41) is 2.59. The van der Waals surface area contributed by atoms with Crippen molar-refractivity contribution in [1.82, 2.24) is 9.80 Å². The highest BCUT2D eigenvalue weighted by Gasteiger charge is 2.28. The molecule has 0 spiro atoms. The summed E-state index contributed by atoms with van der Waals surface area (Å²) in [5.41, 5.74) is 0.488. The van der Waals surface area contributed by atoms with Crippen LogP contribution in [0.25, 0.3) is 0 Å². The van der Waals surface area contributed by atoms with Gasteiger partial charge in [-0.2, -0.15) is 0 Å². The number of carbonyl (C=O) groups excluding carboxylic acids is 3. The van der Waals surface area contributed by atoms with Crippen LogP contribution in [0.15, 0.2) is 28.0 Å². The third kappa shape index (κ3) is 5.51. The number of anilines is 1. The molecule has 0 unspecified atom stereocenters. The fourth-order valence-electron chi connectivity index (χ4n) is 3.44. The number of amides is 3. The smallest absolute Gasteiger partial charge is 0.409 e. The SMILES string of the molecule is CCOC(=O)N1CCN(C(=O)CCS(=O)(=O)c2ccc3c(c2)NC(=O)[C@@H](CC)S3)CC1. The summed E-state index contributed by atoms with van der Waals surface area (Å²) in [6, 6.07) is 4.68. The zero-order valence-electron chi connectivity index (χ0n) is 17.6. The molecule has 0 aromatic heterocycles. The molecular weight excluding hydrogens is 442 g/mol. The molecule has 3 rings (SSSR count). The van der Waals surface area contributed by atoms with Crippen LogP contribution in [0.3, 0.4) is 0 Å². The van der Waals surface area contributed by atoms with Crippen molar-refractivity contribution in [3.8, 4) is 0 Å². The molecule has 1 aromatic carbocycles. The van der Waals surface area contributed by atoms with Crippen LogP contribution in [-0.4, -0.2) is 79.9 Å². The van der Waals surface area contributed by atoms with Gasteiger partial charge < -0.3 is 19.9 Å². The zero-order valence-corrected chi connectivity index (χ0v) is 19.3. The molecule has 3 amide bonds. The number of hydrogen-bond donors (Lipinski definition) is 1. The Morgan fingerprint density at radius 2 is 1.84 bits per heavy atom. The van der Waals surface area contributed by atoms with Crippen LogP contribution in [-0.2, 0) is 24.2 Å². The van der Waals surface area contributed by atoms with E-state index in [1.54, 1.807) is 17.9 Å². The molecule has 2 heterocycles. The number of carbonyl (C=O) groups is 3. The van der Waals surface area contributed by atoms with Gasteiger partial charge in [0.05, 0.1) is 28.2 Å². The van der Waals surface area contributed by atoms with Gasteiger partial charge in [-0.05, 0) is 31.5 Å². The van der Waals surface area contributed by atoms with E-state index in [0.717, 1.165) is 4.90 Å². The highest BCUT2D eigenvalue weighted by Crippen LogP contribution is 2.38. The lowest BCUT2D eigenvalue weighted by Gasteiger charge is -2.34. The van der Waals surface area contributed by atoms with Crippen molar-refractivity contribution in [2.45, 2.75) is 41.7 Å². The molecule has 1 aromatic rings. The lowest BCUT2D eigenvalue weighted by Crippen LogP contribution is -2.50. The molecule has 9 nitrogen and oxygen atoms in total. The summed E-state index contributed by atoms with van der Waals surface area (Å²) in [5.74, 6) is -0.715. The topological polar surface area (TPSA) is 113 Å². The average molecular weight is 470 g/mol. The minimum absolute atomic E-state index is 0.0852. The molecule has 1 N–H and O–H groups in total. The molecule has 2 aliphatic heterocycles. The standard InChI is InChI=1S/C20H27N3O6S2/c1-3-16-19(25)21-15-13-14(5-6-17(15)30-16)31(27,28)12-7-18(24)22-8-10-23(11-9-22)20(26)29-4-2/h5-6,13,16H,3-4,7-12H2,1-2H3,(H,21,25)/t16-/m1/s1. The average Bonchev–Trinajstić information content (AvgIpc) is 2.76. The minimum Gasteiger partial charge on any atom is -0.450 e. The maximum absolute atomic E-state index is 12.8. The number of nitrogens with one attached hydrogen (secondary N) is 1. The molecule has 11 heteroatoms. The Hall–Kier alpha value is -2.27. The van der Waals surface area contributed by atoms with Crippen molar-refractivity contribution in [3.63, 3.8) is 0 Å². The van der Waals surface area contributed by atoms with Gasteiger partial charge in [-0.3, -0.25) is 9.59 Å². The number of rotatable bonds is 6. The van der Waals surface area contributed by atoms with Crippen LogP contribution in [0.5, 0.6) is 0 Å². The molecule has 31 heavy (non-hydrogen) atoms. The van der Waals surface area contributed by atoms with Crippen LogP contribution in [0.1, 0.15) is 26.7 Å². The predicted molar refractivity (Wildman–Crippen MR) is 117 cm³/mol. The van der Waals surface area contributed by atoms with Crippen LogP contribution in [0, 0.1) is 0 Å². The summed E-state index contributed by atoms with van der Waals surface area (Å²) in [6.07, 6.45) is 0.143. The first-order valence-corrected chi connectivity index (χ1v) is 12.8. The lowest BCUT2D eigenvalue weighted by atomic mass is 10.2. The fraction of sp³-hybridized carbons (Fsp3) is 0.550. The van der Waals surface area contributed by atoms with Gasteiger partial charge in [0.1, 0.15) is 0 Å². The number of hydrogen-bond acceptors (Lipinski definition) is 7. The Morgan fingerprint density at radius 3 is 2.48 bits per heavy atom. The van der Waals surface area contributed by atoms with Crippen molar-refractivity contribution in [3.05, 3.63) is 18.2 Å². The fourth-order valence-corrected chi connectivity index (χ4v) is 5.72.